The van der Waals surface area contributed by atoms with Crippen LogP contribution < -0.4 is 4.72 Å². The third-order valence-corrected chi connectivity index (χ3v) is 5.63. The lowest BCUT2D eigenvalue weighted by atomic mass is 10.2. The molecule has 20 heavy (non-hydrogen) atoms. The van der Waals surface area contributed by atoms with E-state index in [9.17, 15) is 8.42 Å². The van der Waals surface area contributed by atoms with Gasteiger partial charge in [-0.05, 0) is 43.7 Å². The van der Waals surface area contributed by atoms with Crippen LogP contribution in [-0.4, -0.2) is 13.5 Å². The number of thiophene rings is 1. The molecule has 6 heteroatoms. The van der Waals surface area contributed by atoms with E-state index in [0.717, 1.165) is 9.75 Å². The zero-order chi connectivity index (χ0) is 14.8. The third kappa shape index (κ3) is 3.46. The second kappa shape index (κ2) is 6.05. The summed E-state index contributed by atoms with van der Waals surface area (Å²) in [6.07, 6.45) is 0. The van der Waals surface area contributed by atoms with Crippen LogP contribution in [0.25, 0.3) is 0 Å². The van der Waals surface area contributed by atoms with Gasteiger partial charge >= 0.3 is 0 Å². The number of hydrogen-bond donors (Lipinski definition) is 2. The van der Waals surface area contributed by atoms with Gasteiger partial charge in [0, 0.05) is 9.75 Å². The summed E-state index contributed by atoms with van der Waals surface area (Å²) in [7, 11) is -3.59. The van der Waals surface area contributed by atoms with Crippen molar-refractivity contribution in [2.45, 2.75) is 31.4 Å². The summed E-state index contributed by atoms with van der Waals surface area (Å²) >= 11 is 1.57. The fraction of sp³-hybridized carbons (Fsp3) is 0.286. The molecular formula is C14H17NO3S2. The van der Waals surface area contributed by atoms with Crippen molar-refractivity contribution >= 4 is 21.4 Å². The SMILES string of the molecule is Cc1ccc(C(C)NS(=O)(=O)c2cccc(CO)c2)s1. The first-order chi connectivity index (χ1) is 9.42. The Bertz CT molecular complexity index is 692. The molecule has 2 rings (SSSR count). The largest absolute Gasteiger partial charge is 0.392 e. The molecule has 2 N–H and O–H groups in total. The quantitative estimate of drug-likeness (QED) is 0.892. The molecule has 0 aliphatic rings. The van der Waals surface area contributed by atoms with Gasteiger partial charge in [0.25, 0.3) is 0 Å². The van der Waals surface area contributed by atoms with Gasteiger partial charge in [0.15, 0.2) is 0 Å². The highest BCUT2D eigenvalue weighted by atomic mass is 32.2. The van der Waals surface area contributed by atoms with Gasteiger partial charge in [0.1, 0.15) is 0 Å². The lowest BCUT2D eigenvalue weighted by molar-refractivity contribution is 0.281. The third-order valence-electron chi connectivity index (χ3n) is 2.91. The molecule has 0 aliphatic carbocycles. The van der Waals surface area contributed by atoms with Gasteiger partial charge in [0.2, 0.25) is 10.0 Å². The Labute approximate surface area is 123 Å². The van der Waals surface area contributed by atoms with Gasteiger partial charge in [-0.1, -0.05) is 12.1 Å². The summed E-state index contributed by atoms with van der Waals surface area (Å²) < 4.78 is 27.3. The lowest BCUT2D eigenvalue weighted by Gasteiger charge is -2.13. The van der Waals surface area contributed by atoms with E-state index in [0.29, 0.717) is 5.56 Å². The highest BCUT2D eigenvalue weighted by Gasteiger charge is 2.19. The standard InChI is InChI=1S/C14H17NO3S2/c1-10-6-7-14(19-10)11(2)15-20(17,18)13-5-3-4-12(8-13)9-16/h3-8,11,15-16H,9H2,1-2H3. The van der Waals surface area contributed by atoms with Crippen LogP contribution in [-0.2, 0) is 16.6 Å². The van der Waals surface area contributed by atoms with E-state index in [1.807, 2.05) is 26.0 Å². The maximum absolute atomic E-state index is 12.3. The molecule has 0 saturated heterocycles. The maximum Gasteiger partial charge on any atom is 0.241 e. The van der Waals surface area contributed by atoms with Crippen LogP contribution in [0.15, 0.2) is 41.3 Å². The van der Waals surface area contributed by atoms with Crippen LogP contribution in [0, 0.1) is 6.92 Å². The molecule has 0 amide bonds. The number of aryl methyl sites for hydroxylation is 1. The van der Waals surface area contributed by atoms with Gasteiger partial charge < -0.3 is 5.11 Å². The van der Waals surface area contributed by atoms with Crippen LogP contribution in [0.3, 0.4) is 0 Å². The minimum Gasteiger partial charge on any atom is -0.392 e. The van der Waals surface area contributed by atoms with E-state index < -0.39 is 10.0 Å². The minimum atomic E-state index is -3.59. The highest BCUT2D eigenvalue weighted by molar-refractivity contribution is 7.89. The average Bonchev–Trinajstić information content (AvgIpc) is 2.85. The van der Waals surface area contributed by atoms with E-state index in [1.54, 1.807) is 23.5 Å². The topological polar surface area (TPSA) is 66.4 Å². The molecule has 0 bridgehead atoms. The number of aliphatic hydroxyl groups excluding tert-OH is 1. The number of sulfonamides is 1. The smallest absolute Gasteiger partial charge is 0.241 e. The molecule has 108 valence electrons. The zero-order valence-corrected chi connectivity index (χ0v) is 13.0. The molecule has 2 aromatic rings. The van der Waals surface area contributed by atoms with Crippen molar-refractivity contribution in [2.24, 2.45) is 0 Å². The summed E-state index contributed by atoms with van der Waals surface area (Å²) in [6, 6.07) is 9.93. The first-order valence-electron chi connectivity index (χ1n) is 6.21. The second-order valence-electron chi connectivity index (χ2n) is 4.60. The molecule has 0 saturated carbocycles. The van der Waals surface area contributed by atoms with Crippen molar-refractivity contribution in [3.05, 3.63) is 51.7 Å². The van der Waals surface area contributed by atoms with Crippen LogP contribution >= 0.6 is 11.3 Å². The second-order valence-corrected chi connectivity index (χ2v) is 7.63. The number of benzene rings is 1. The van der Waals surface area contributed by atoms with Crippen molar-refractivity contribution < 1.29 is 13.5 Å². The van der Waals surface area contributed by atoms with Crippen LogP contribution in [0.5, 0.6) is 0 Å². The molecule has 0 fully saturated rings. The van der Waals surface area contributed by atoms with E-state index in [2.05, 4.69) is 4.72 Å². The van der Waals surface area contributed by atoms with E-state index in [4.69, 9.17) is 5.11 Å². The van der Waals surface area contributed by atoms with Gasteiger partial charge in [-0.3, -0.25) is 0 Å². The summed E-state index contributed by atoms with van der Waals surface area (Å²) in [5, 5.41) is 9.08. The molecule has 0 aliphatic heterocycles. The Morgan fingerprint density at radius 1 is 1.30 bits per heavy atom. The number of nitrogens with one attached hydrogen (secondary N) is 1. The number of hydrogen-bond acceptors (Lipinski definition) is 4. The predicted molar refractivity (Wildman–Crippen MR) is 80.2 cm³/mol. The van der Waals surface area contributed by atoms with Crippen molar-refractivity contribution in [3.8, 4) is 0 Å². The summed E-state index contributed by atoms with van der Waals surface area (Å²) in [5.41, 5.74) is 0.576. The molecule has 1 aromatic carbocycles. The Balaban J connectivity index is 2.22. The molecule has 1 heterocycles. The van der Waals surface area contributed by atoms with E-state index in [-0.39, 0.29) is 17.5 Å². The van der Waals surface area contributed by atoms with Gasteiger partial charge in [-0.25, -0.2) is 13.1 Å². The highest BCUT2D eigenvalue weighted by Crippen LogP contribution is 2.24. The summed E-state index contributed by atoms with van der Waals surface area (Å²) in [5.74, 6) is 0. The van der Waals surface area contributed by atoms with Gasteiger partial charge in [0.05, 0.1) is 17.5 Å². The van der Waals surface area contributed by atoms with E-state index >= 15 is 0 Å². The van der Waals surface area contributed by atoms with Crippen LogP contribution in [0.4, 0.5) is 0 Å². The average molecular weight is 311 g/mol. The predicted octanol–water partition coefficient (Wildman–Crippen LogP) is 2.59. The minimum absolute atomic E-state index is 0.171. The first kappa shape index (κ1) is 15.2. The van der Waals surface area contributed by atoms with Crippen LogP contribution in [0.2, 0.25) is 0 Å². The van der Waals surface area contributed by atoms with E-state index in [1.165, 1.54) is 12.1 Å². The molecule has 0 radical (unpaired) electrons. The number of aliphatic hydroxyl groups is 1. The Kier molecular flexibility index (Phi) is 4.59. The zero-order valence-electron chi connectivity index (χ0n) is 11.3. The Morgan fingerprint density at radius 2 is 2.05 bits per heavy atom. The molecule has 0 spiro atoms. The van der Waals surface area contributed by atoms with Crippen molar-refractivity contribution in [2.75, 3.05) is 0 Å². The normalized spacial score (nSPS) is 13.3. The fourth-order valence-electron chi connectivity index (χ4n) is 1.86. The monoisotopic (exact) mass is 311 g/mol. The molecular weight excluding hydrogens is 294 g/mol. The first-order valence-corrected chi connectivity index (χ1v) is 8.51. The summed E-state index contributed by atoms with van der Waals surface area (Å²) in [4.78, 5) is 2.29. The Morgan fingerprint density at radius 3 is 2.65 bits per heavy atom. The number of rotatable bonds is 5. The molecule has 1 unspecified atom stereocenters. The van der Waals surface area contributed by atoms with Crippen molar-refractivity contribution in [1.82, 2.24) is 4.72 Å². The van der Waals surface area contributed by atoms with Gasteiger partial charge in [-0.15, -0.1) is 11.3 Å². The summed E-state index contributed by atoms with van der Waals surface area (Å²) in [6.45, 7) is 3.63. The van der Waals surface area contributed by atoms with Gasteiger partial charge in [-0.2, -0.15) is 0 Å². The fourth-order valence-corrected chi connectivity index (χ4v) is 4.10. The van der Waals surface area contributed by atoms with Crippen molar-refractivity contribution in [3.63, 3.8) is 0 Å². The Hall–Kier alpha value is -1.21. The van der Waals surface area contributed by atoms with Crippen molar-refractivity contribution in [1.29, 1.82) is 0 Å². The molecule has 4 nitrogen and oxygen atoms in total. The van der Waals surface area contributed by atoms with Crippen LogP contribution in [0.1, 0.15) is 28.3 Å². The molecule has 1 aromatic heterocycles. The molecule has 1 atom stereocenters. The maximum atomic E-state index is 12.3. The lowest BCUT2D eigenvalue weighted by Crippen LogP contribution is -2.26.